The van der Waals surface area contributed by atoms with E-state index in [4.69, 9.17) is 5.73 Å². The van der Waals surface area contributed by atoms with Crippen molar-refractivity contribution in [3.8, 4) is 0 Å². The fourth-order valence-corrected chi connectivity index (χ4v) is 3.20. The molecule has 1 aromatic heterocycles. The van der Waals surface area contributed by atoms with Crippen molar-refractivity contribution in [3.63, 3.8) is 0 Å². The number of nitrogens with two attached hydrogens (primary N) is 1. The summed E-state index contributed by atoms with van der Waals surface area (Å²) in [4.78, 5) is 31.4. The number of hydrogen-bond donors (Lipinski definition) is 1. The summed E-state index contributed by atoms with van der Waals surface area (Å²) in [5, 5.41) is 2.13. The highest BCUT2D eigenvalue weighted by Crippen LogP contribution is 2.22. The van der Waals surface area contributed by atoms with Crippen molar-refractivity contribution in [2.75, 3.05) is 13.6 Å². The summed E-state index contributed by atoms with van der Waals surface area (Å²) in [5.74, 6) is -0.0626. The molecule has 1 atom stereocenters. The highest BCUT2D eigenvalue weighted by atomic mass is 16.2. The third-order valence-electron chi connectivity index (χ3n) is 4.38. The van der Waals surface area contributed by atoms with Gasteiger partial charge in [0.25, 0.3) is 0 Å². The van der Waals surface area contributed by atoms with Crippen molar-refractivity contribution in [1.29, 1.82) is 0 Å². The Morgan fingerprint density at radius 3 is 3.00 bits per heavy atom. The predicted molar refractivity (Wildman–Crippen MR) is 87.5 cm³/mol. The van der Waals surface area contributed by atoms with Crippen molar-refractivity contribution < 1.29 is 9.59 Å². The van der Waals surface area contributed by atoms with Crippen LogP contribution in [-0.2, 0) is 11.3 Å². The van der Waals surface area contributed by atoms with E-state index in [2.05, 4.69) is 4.98 Å². The van der Waals surface area contributed by atoms with Crippen LogP contribution in [0.25, 0.3) is 10.8 Å². The van der Waals surface area contributed by atoms with Gasteiger partial charge in [-0.15, -0.1) is 0 Å². The minimum Gasteiger partial charge on any atom is -0.351 e. The molecular formula is C17H20N4O2. The summed E-state index contributed by atoms with van der Waals surface area (Å²) in [6, 6.07) is 6.96. The normalized spacial score (nSPS) is 17.4. The lowest BCUT2D eigenvalue weighted by molar-refractivity contribution is -0.134. The predicted octanol–water partition coefficient (Wildman–Crippen LogP) is 1.74. The van der Waals surface area contributed by atoms with E-state index in [1.54, 1.807) is 18.1 Å². The van der Waals surface area contributed by atoms with Gasteiger partial charge in [-0.1, -0.05) is 18.2 Å². The summed E-state index contributed by atoms with van der Waals surface area (Å²) in [5.41, 5.74) is 6.42. The van der Waals surface area contributed by atoms with Gasteiger partial charge in [0.15, 0.2) is 0 Å². The monoisotopic (exact) mass is 312 g/mol. The molecule has 1 fully saturated rings. The number of likely N-dealkylation sites (N-methyl/N-ethyl adjacent to an activating group) is 1. The van der Waals surface area contributed by atoms with Gasteiger partial charge in [0.05, 0.1) is 0 Å². The first-order valence-electron chi connectivity index (χ1n) is 7.70. The summed E-state index contributed by atoms with van der Waals surface area (Å²) < 4.78 is 0. The van der Waals surface area contributed by atoms with Crippen LogP contribution in [0.1, 0.15) is 18.4 Å². The largest absolute Gasteiger partial charge is 0.351 e. The van der Waals surface area contributed by atoms with Crippen LogP contribution in [-0.4, -0.2) is 46.4 Å². The quantitative estimate of drug-likeness (QED) is 0.937. The molecule has 23 heavy (non-hydrogen) atoms. The van der Waals surface area contributed by atoms with Gasteiger partial charge in [-0.3, -0.25) is 9.78 Å². The maximum absolute atomic E-state index is 12.7. The van der Waals surface area contributed by atoms with Gasteiger partial charge in [0, 0.05) is 37.9 Å². The molecule has 6 heteroatoms. The lowest BCUT2D eigenvalue weighted by Gasteiger charge is -2.27. The number of fused-ring (bicyclic) bond motifs is 1. The minimum absolute atomic E-state index is 0.0626. The Morgan fingerprint density at radius 1 is 1.39 bits per heavy atom. The van der Waals surface area contributed by atoms with Crippen LogP contribution in [0.5, 0.6) is 0 Å². The number of nitrogens with zero attached hydrogens (tertiary/aromatic N) is 3. The zero-order valence-electron chi connectivity index (χ0n) is 13.1. The van der Waals surface area contributed by atoms with E-state index in [-0.39, 0.29) is 5.91 Å². The Hall–Kier alpha value is -2.63. The maximum Gasteiger partial charge on any atom is 0.315 e. The van der Waals surface area contributed by atoms with Crippen molar-refractivity contribution >= 4 is 22.7 Å². The summed E-state index contributed by atoms with van der Waals surface area (Å²) in [7, 11) is 1.76. The number of pyridine rings is 1. The number of primary amides is 1. The second-order valence-corrected chi connectivity index (χ2v) is 5.90. The van der Waals surface area contributed by atoms with E-state index < -0.39 is 12.1 Å². The van der Waals surface area contributed by atoms with E-state index in [1.807, 2.05) is 30.5 Å². The first-order chi connectivity index (χ1) is 11.1. The van der Waals surface area contributed by atoms with Crippen LogP contribution in [0, 0.1) is 0 Å². The Kier molecular flexibility index (Phi) is 4.14. The van der Waals surface area contributed by atoms with Gasteiger partial charge in [-0.25, -0.2) is 4.79 Å². The Morgan fingerprint density at radius 2 is 2.22 bits per heavy atom. The van der Waals surface area contributed by atoms with Gasteiger partial charge in [-0.05, 0) is 29.9 Å². The zero-order chi connectivity index (χ0) is 16.4. The van der Waals surface area contributed by atoms with Crippen LogP contribution in [0.2, 0.25) is 0 Å². The molecule has 0 saturated carbocycles. The molecule has 0 unspecified atom stereocenters. The van der Waals surface area contributed by atoms with E-state index in [1.165, 1.54) is 4.90 Å². The fourth-order valence-electron chi connectivity index (χ4n) is 3.20. The molecule has 2 N–H and O–H groups in total. The van der Waals surface area contributed by atoms with Gasteiger partial charge in [-0.2, -0.15) is 0 Å². The molecule has 1 aliphatic heterocycles. The van der Waals surface area contributed by atoms with Gasteiger partial charge in [0.2, 0.25) is 5.91 Å². The molecule has 0 spiro atoms. The van der Waals surface area contributed by atoms with E-state index >= 15 is 0 Å². The maximum atomic E-state index is 12.7. The minimum atomic E-state index is -0.523. The van der Waals surface area contributed by atoms with Gasteiger partial charge >= 0.3 is 6.03 Å². The van der Waals surface area contributed by atoms with Crippen molar-refractivity contribution in [3.05, 3.63) is 42.2 Å². The van der Waals surface area contributed by atoms with Crippen LogP contribution < -0.4 is 5.73 Å². The molecule has 2 heterocycles. The molecule has 2 aromatic rings. The lowest BCUT2D eigenvalue weighted by Crippen LogP contribution is -2.48. The summed E-state index contributed by atoms with van der Waals surface area (Å²) in [6.07, 6.45) is 5.05. The lowest BCUT2D eigenvalue weighted by atomic mass is 10.1. The number of hydrogen-bond acceptors (Lipinski definition) is 3. The molecule has 1 aromatic carbocycles. The number of urea groups is 1. The molecule has 0 aliphatic carbocycles. The summed E-state index contributed by atoms with van der Waals surface area (Å²) >= 11 is 0. The number of rotatable bonds is 3. The fraction of sp³-hybridized carbons (Fsp3) is 0.353. The Labute approximate surface area is 134 Å². The number of benzene rings is 1. The molecule has 1 saturated heterocycles. The Bertz CT molecular complexity index is 741. The number of likely N-dealkylation sites (tertiary alicyclic amines) is 1. The SMILES string of the molecule is CN(Cc1cccc2cnccc12)C(=O)[C@@H]1CCCN1C(N)=O. The van der Waals surface area contributed by atoms with Crippen molar-refractivity contribution in [2.45, 2.75) is 25.4 Å². The molecule has 120 valence electrons. The number of carbonyl (C=O) groups is 2. The highest BCUT2D eigenvalue weighted by molar-refractivity contribution is 5.88. The highest BCUT2D eigenvalue weighted by Gasteiger charge is 2.34. The molecule has 3 amide bonds. The molecule has 0 bridgehead atoms. The second-order valence-electron chi connectivity index (χ2n) is 5.90. The third-order valence-corrected chi connectivity index (χ3v) is 4.38. The zero-order valence-corrected chi connectivity index (χ0v) is 13.1. The van der Waals surface area contributed by atoms with Crippen LogP contribution in [0.4, 0.5) is 4.79 Å². The number of amides is 3. The first-order valence-corrected chi connectivity index (χ1v) is 7.70. The third kappa shape index (κ3) is 2.97. The van der Waals surface area contributed by atoms with Gasteiger partial charge in [0.1, 0.15) is 6.04 Å². The topological polar surface area (TPSA) is 79.5 Å². The average Bonchev–Trinajstić information content (AvgIpc) is 3.04. The van der Waals surface area contributed by atoms with Crippen LogP contribution in [0.3, 0.4) is 0 Å². The van der Waals surface area contributed by atoms with Crippen molar-refractivity contribution in [2.24, 2.45) is 5.73 Å². The molecule has 6 nitrogen and oxygen atoms in total. The number of carbonyl (C=O) groups excluding carboxylic acids is 2. The van der Waals surface area contributed by atoms with Gasteiger partial charge < -0.3 is 15.5 Å². The smallest absolute Gasteiger partial charge is 0.315 e. The van der Waals surface area contributed by atoms with Crippen LogP contribution in [0.15, 0.2) is 36.7 Å². The molecule has 1 aliphatic rings. The number of aromatic nitrogens is 1. The van der Waals surface area contributed by atoms with E-state index in [0.29, 0.717) is 19.5 Å². The van der Waals surface area contributed by atoms with E-state index in [9.17, 15) is 9.59 Å². The second kappa shape index (κ2) is 6.24. The van der Waals surface area contributed by atoms with E-state index in [0.717, 1.165) is 22.8 Å². The molecule has 0 radical (unpaired) electrons. The van der Waals surface area contributed by atoms with Crippen molar-refractivity contribution in [1.82, 2.24) is 14.8 Å². The summed E-state index contributed by atoms with van der Waals surface area (Å²) in [6.45, 7) is 1.04. The standard InChI is InChI=1S/C17H20N4O2/c1-20(16(22)15-6-3-9-21(15)17(18)23)11-13-5-2-4-12-10-19-8-7-14(12)13/h2,4-5,7-8,10,15H,3,6,9,11H2,1H3,(H2,18,23)/t15-/m0/s1. The average molecular weight is 312 g/mol. The Balaban J connectivity index is 1.79. The van der Waals surface area contributed by atoms with Crippen LogP contribution >= 0.6 is 0 Å². The first kappa shape index (κ1) is 15.3. The molecule has 3 rings (SSSR count). The molecular weight excluding hydrogens is 292 g/mol.